The van der Waals surface area contributed by atoms with Crippen molar-refractivity contribution in [1.82, 2.24) is 0 Å². The summed E-state index contributed by atoms with van der Waals surface area (Å²) in [5, 5.41) is 0. The maximum absolute atomic E-state index is 5.40. The standard InChI is InChI=1S/C8H16BO/c1-6-9-10-8(4,5)7(2)3/h6-7H,1H2,2-5H3. The average Bonchev–Trinajstić information content (AvgIpc) is 1.84. The molecule has 0 aromatic rings. The van der Waals surface area contributed by atoms with Crippen molar-refractivity contribution in [3.05, 3.63) is 12.6 Å². The van der Waals surface area contributed by atoms with Crippen LogP contribution >= 0.6 is 0 Å². The maximum Gasteiger partial charge on any atom is 0.322 e. The molecule has 0 unspecified atom stereocenters. The van der Waals surface area contributed by atoms with Crippen LogP contribution in [0.2, 0.25) is 0 Å². The zero-order chi connectivity index (χ0) is 8.20. The van der Waals surface area contributed by atoms with Crippen molar-refractivity contribution >= 4 is 7.48 Å². The normalized spacial score (nSPS) is 11.7. The van der Waals surface area contributed by atoms with Gasteiger partial charge in [0.25, 0.3) is 0 Å². The molecule has 0 spiro atoms. The lowest BCUT2D eigenvalue weighted by molar-refractivity contribution is 0.0665. The molecule has 0 saturated heterocycles. The van der Waals surface area contributed by atoms with E-state index in [-0.39, 0.29) is 5.60 Å². The van der Waals surface area contributed by atoms with E-state index >= 15 is 0 Å². The average molecular weight is 139 g/mol. The molecule has 0 aromatic carbocycles. The topological polar surface area (TPSA) is 9.23 Å². The molecular formula is C8H16BO. The SMILES string of the molecule is C=C[B]OC(C)(C)C(C)C. The third kappa shape index (κ3) is 3.07. The Balaban J connectivity index is 3.74. The molecule has 0 heterocycles. The maximum atomic E-state index is 5.40. The van der Waals surface area contributed by atoms with Gasteiger partial charge in [-0.3, -0.25) is 0 Å². The number of hydrogen-bond acceptors (Lipinski definition) is 1. The van der Waals surface area contributed by atoms with Crippen LogP contribution in [0.15, 0.2) is 12.6 Å². The highest BCUT2D eigenvalue weighted by molar-refractivity contribution is 6.34. The zero-order valence-corrected chi connectivity index (χ0v) is 7.35. The predicted molar refractivity (Wildman–Crippen MR) is 46.0 cm³/mol. The van der Waals surface area contributed by atoms with Crippen LogP contribution in [-0.4, -0.2) is 13.1 Å². The first-order valence-corrected chi connectivity index (χ1v) is 3.62. The number of hydrogen-bond donors (Lipinski definition) is 0. The molecule has 0 aliphatic carbocycles. The van der Waals surface area contributed by atoms with E-state index in [1.807, 2.05) is 0 Å². The zero-order valence-electron chi connectivity index (χ0n) is 7.35. The minimum absolute atomic E-state index is 0.0752. The molecule has 1 radical (unpaired) electrons. The first-order chi connectivity index (χ1) is 4.50. The first kappa shape index (κ1) is 9.76. The van der Waals surface area contributed by atoms with E-state index in [9.17, 15) is 0 Å². The molecule has 0 aliphatic rings. The fourth-order valence-corrected chi connectivity index (χ4v) is 0.360. The Morgan fingerprint density at radius 2 is 2.00 bits per heavy atom. The van der Waals surface area contributed by atoms with Crippen LogP contribution in [0.1, 0.15) is 27.7 Å². The fraction of sp³-hybridized carbons (Fsp3) is 0.750. The molecule has 0 bridgehead atoms. The van der Waals surface area contributed by atoms with Gasteiger partial charge in [-0.1, -0.05) is 19.8 Å². The Bertz CT molecular complexity index is 108. The van der Waals surface area contributed by atoms with Gasteiger partial charge < -0.3 is 4.65 Å². The summed E-state index contributed by atoms with van der Waals surface area (Å²) in [5.74, 6) is 2.17. The van der Waals surface area contributed by atoms with Crippen molar-refractivity contribution in [2.45, 2.75) is 33.3 Å². The number of rotatable bonds is 4. The van der Waals surface area contributed by atoms with Gasteiger partial charge in [-0.25, -0.2) is 0 Å². The molecule has 0 aromatic heterocycles. The molecule has 2 heteroatoms. The summed E-state index contributed by atoms with van der Waals surface area (Å²) in [6, 6.07) is 0. The van der Waals surface area contributed by atoms with E-state index in [0.29, 0.717) is 5.92 Å². The van der Waals surface area contributed by atoms with E-state index in [2.05, 4.69) is 34.3 Å². The van der Waals surface area contributed by atoms with Gasteiger partial charge in [0.2, 0.25) is 0 Å². The van der Waals surface area contributed by atoms with Crippen molar-refractivity contribution in [2.75, 3.05) is 0 Å². The van der Waals surface area contributed by atoms with Crippen LogP contribution in [0.5, 0.6) is 0 Å². The smallest absolute Gasteiger partial charge is 0.322 e. The summed E-state index contributed by atoms with van der Waals surface area (Å²) >= 11 is 0. The van der Waals surface area contributed by atoms with E-state index in [0.717, 1.165) is 0 Å². The van der Waals surface area contributed by atoms with Gasteiger partial charge in [-0.2, -0.15) is 0 Å². The molecule has 0 saturated carbocycles. The molecule has 57 valence electrons. The summed E-state index contributed by atoms with van der Waals surface area (Å²) in [4.78, 5) is 0. The molecular weight excluding hydrogens is 123 g/mol. The lowest BCUT2D eigenvalue weighted by atomic mass is 9.91. The Morgan fingerprint density at radius 3 is 2.30 bits per heavy atom. The van der Waals surface area contributed by atoms with Gasteiger partial charge >= 0.3 is 7.48 Å². The van der Waals surface area contributed by atoms with Crippen molar-refractivity contribution in [3.8, 4) is 0 Å². The Kier molecular flexibility index (Phi) is 3.73. The second-order valence-corrected chi connectivity index (χ2v) is 3.25. The third-order valence-electron chi connectivity index (χ3n) is 1.86. The largest absolute Gasteiger partial charge is 0.430 e. The van der Waals surface area contributed by atoms with Gasteiger partial charge in [-0.05, 0) is 19.8 Å². The Labute approximate surface area is 64.7 Å². The van der Waals surface area contributed by atoms with Crippen molar-refractivity contribution < 1.29 is 4.65 Å². The van der Waals surface area contributed by atoms with E-state index in [1.54, 1.807) is 13.5 Å². The Hall–Kier alpha value is -0.235. The minimum Gasteiger partial charge on any atom is -0.430 e. The molecule has 0 fully saturated rings. The van der Waals surface area contributed by atoms with Crippen LogP contribution in [0.3, 0.4) is 0 Å². The predicted octanol–water partition coefficient (Wildman–Crippen LogP) is 2.20. The van der Waals surface area contributed by atoms with Crippen LogP contribution in [-0.2, 0) is 4.65 Å². The van der Waals surface area contributed by atoms with Crippen LogP contribution in [0, 0.1) is 5.92 Å². The molecule has 0 amide bonds. The first-order valence-electron chi connectivity index (χ1n) is 3.62. The lowest BCUT2D eigenvalue weighted by Crippen LogP contribution is -2.32. The summed E-state index contributed by atoms with van der Waals surface area (Å²) in [7, 11) is 1.64. The molecule has 1 nitrogen and oxygen atoms in total. The highest BCUT2D eigenvalue weighted by Crippen LogP contribution is 2.19. The summed E-state index contributed by atoms with van der Waals surface area (Å²) in [6.45, 7) is 11.9. The summed E-state index contributed by atoms with van der Waals surface area (Å²) in [5.41, 5.74) is -0.0752. The van der Waals surface area contributed by atoms with E-state index in [1.165, 1.54) is 0 Å². The van der Waals surface area contributed by atoms with Gasteiger partial charge in [0.05, 0.1) is 0 Å². The third-order valence-corrected chi connectivity index (χ3v) is 1.86. The second kappa shape index (κ2) is 3.82. The van der Waals surface area contributed by atoms with Crippen molar-refractivity contribution in [1.29, 1.82) is 0 Å². The fourth-order valence-electron chi connectivity index (χ4n) is 0.360. The molecule has 10 heavy (non-hydrogen) atoms. The molecule has 0 N–H and O–H groups in total. The van der Waals surface area contributed by atoms with Crippen molar-refractivity contribution in [2.24, 2.45) is 5.92 Å². The van der Waals surface area contributed by atoms with Gasteiger partial charge in [0, 0.05) is 5.60 Å². The molecule has 0 atom stereocenters. The van der Waals surface area contributed by atoms with Gasteiger partial charge in [-0.15, -0.1) is 6.58 Å². The summed E-state index contributed by atoms with van der Waals surface area (Å²) in [6.07, 6.45) is 0. The van der Waals surface area contributed by atoms with Crippen LogP contribution in [0.25, 0.3) is 0 Å². The molecule has 0 aliphatic heterocycles. The van der Waals surface area contributed by atoms with Gasteiger partial charge in [0.1, 0.15) is 0 Å². The summed E-state index contributed by atoms with van der Waals surface area (Å²) < 4.78 is 5.40. The van der Waals surface area contributed by atoms with Crippen LogP contribution in [0.4, 0.5) is 0 Å². The monoisotopic (exact) mass is 139 g/mol. The van der Waals surface area contributed by atoms with E-state index in [4.69, 9.17) is 4.65 Å². The minimum atomic E-state index is -0.0752. The van der Waals surface area contributed by atoms with Gasteiger partial charge in [0.15, 0.2) is 0 Å². The van der Waals surface area contributed by atoms with Crippen LogP contribution < -0.4 is 0 Å². The lowest BCUT2D eigenvalue weighted by Gasteiger charge is -2.29. The highest BCUT2D eigenvalue weighted by Gasteiger charge is 2.21. The second-order valence-electron chi connectivity index (χ2n) is 3.25. The molecule has 0 rings (SSSR count). The Morgan fingerprint density at radius 1 is 1.50 bits per heavy atom. The van der Waals surface area contributed by atoms with Crippen molar-refractivity contribution in [3.63, 3.8) is 0 Å². The van der Waals surface area contributed by atoms with E-state index < -0.39 is 0 Å². The quantitative estimate of drug-likeness (QED) is 0.542. The highest BCUT2D eigenvalue weighted by atomic mass is 16.5.